The van der Waals surface area contributed by atoms with Crippen molar-refractivity contribution in [2.24, 2.45) is 5.92 Å². The molecule has 3 nitrogen and oxygen atoms in total. The van der Waals surface area contributed by atoms with E-state index in [-0.39, 0.29) is 5.97 Å². The van der Waals surface area contributed by atoms with E-state index in [0.717, 1.165) is 25.8 Å². The van der Waals surface area contributed by atoms with Crippen molar-refractivity contribution in [1.29, 1.82) is 0 Å². The summed E-state index contributed by atoms with van der Waals surface area (Å²) in [5.41, 5.74) is -0.489. The summed E-state index contributed by atoms with van der Waals surface area (Å²) in [6, 6.07) is 4.13. The zero-order valence-electron chi connectivity index (χ0n) is 11.1. The molecular weight excluding hydrogens is 246 g/mol. The van der Waals surface area contributed by atoms with Crippen molar-refractivity contribution in [3.63, 3.8) is 0 Å². The SMILES string of the molecule is COC(=O)C1(NCc2cccs2)CCCCC1C. The standard InChI is InChI=1S/C14H21NO2S/c1-11-6-3-4-8-14(11,13(16)17-2)15-10-12-7-5-9-18-12/h5,7,9,11,15H,3-4,6,8,10H2,1-2H3. The van der Waals surface area contributed by atoms with Crippen LogP contribution >= 0.6 is 11.3 Å². The molecular formula is C14H21NO2S. The molecule has 0 aromatic carbocycles. The first-order chi connectivity index (χ1) is 8.69. The number of ether oxygens (including phenoxy) is 1. The van der Waals surface area contributed by atoms with Gasteiger partial charge in [-0.25, -0.2) is 0 Å². The van der Waals surface area contributed by atoms with Gasteiger partial charge in [0.25, 0.3) is 0 Å². The molecule has 1 N–H and O–H groups in total. The van der Waals surface area contributed by atoms with Gasteiger partial charge in [0.05, 0.1) is 7.11 Å². The van der Waals surface area contributed by atoms with Crippen LogP contribution < -0.4 is 5.32 Å². The summed E-state index contributed by atoms with van der Waals surface area (Å²) in [5.74, 6) is 0.227. The minimum Gasteiger partial charge on any atom is -0.468 e. The van der Waals surface area contributed by atoms with Crippen LogP contribution in [0.5, 0.6) is 0 Å². The van der Waals surface area contributed by atoms with Gasteiger partial charge >= 0.3 is 5.97 Å². The Morgan fingerprint density at radius 3 is 3.06 bits per heavy atom. The Morgan fingerprint density at radius 1 is 1.61 bits per heavy atom. The van der Waals surface area contributed by atoms with E-state index in [1.807, 2.05) is 6.07 Å². The Hall–Kier alpha value is -0.870. The Bertz CT molecular complexity index is 391. The topological polar surface area (TPSA) is 38.3 Å². The molecule has 1 heterocycles. The summed E-state index contributed by atoms with van der Waals surface area (Å²) >= 11 is 1.72. The highest BCUT2D eigenvalue weighted by Gasteiger charge is 2.45. The summed E-state index contributed by atoms with van der Waals surface area (Å²) in [5, 5.41) is 5.54. The van der Waals surface area contributed by atoms with Crippen LogP contribution in [-0.2, 0) is 16.1 Å². The summed E-state index contributed by atoms with van der Waals surface area (Å²) in [7, 11) is 1.48. The van der Waals surface area contributed by atoms with E-state index in [0.29, 0.717) is 5.92 Å². The normalized spacial score (nSPS) is 28.0. The van der Waals surface area contributed by atoms with Gasteiger partial charge < -0.3 is 4.74 Å². The smallest absolute Gasteiger partial charge is 0.326 e. The van der Waals surface area contributed by atoms with Crippen molar-refractivity contribution in [3.05, 3.63) is 22.4 Å². The van der Waals surface area contributed by atoms with Gasteiger partial charge in [-0.1, -0.05) is 25.8 Å². The van der Waals surface area contributed by atoms with Crippen molar-refractivity contribution >= 4 is 17.3 Å². The molecule has 1 aliphatic carbocycles. The molecule has 0 aliphatic heterocycles. The fourth-order valence-corrected chi connectivity index (χ4v) is 3.47. The number of nitrogens with one attached hydrogen (secondary N) is 1. The molecule has 0 spiro atoms. The average Bonchev–Trinajstić information content (AvgIpc) is 2.90. The van der Waals surface area contributed by atoms with Crippen molar-refractivity contribution in [1.82, 2.24) is 5.32 Å². The number of esters is 1. The lowest BCUT2D eigenvalue weighted by Crippen LogP contribution is -2.58. The minimum atomic E-state index is -0.489. The van der Waals surface area contributed by atoms with Gasteiger partial charge in [-0.15, -0.1) is 11.3 Å². The molecule has 18 heavy (non-hydrogen) atoms. The van der Waals surface area contributed by atoms with Crippen molar-refractivity contribution in [3.8, 4) is 0 Å². The first kappa shape index (κ1) is 13.6. The molecule has 1 aromatic heterocycles. The van der Waals surface area contributed by atoms with Crippen molar-refractivity contribution in [2.75, 3.05) is 7.11 Å². The van der Waals surface area contributed by atoms with E-state index < -0.39 is 5.54 Å². The quantitative estimate of drug-likeness (QED) is 0.852. The molecule has 2 atom stereocenters. The Balaban J connectivity index is 2.11. The third kappa shape index (κ3) is 2.59. The van der Waals surface area contributed by atoms with E-state index in [9.17, 15) is 4.79 Å². The molecule has 1 aromatic rings. The van der Waals surface area contributed by atoms with Gasteiger partial charge in [-0.05, 0) is 30.2 Å². The predicted molar refractivity (Wildman–Crippen MR) is 73.5 cm³/mol. The van der Waals surface area contributed by atoms with Crippen LogP contribution in [0.25, 0.3) is 0 Å². The number of hydrogen-bond acceptors (Lipinski definition) is 4. The lowest BCUT2D eigenvalue weighted by Gasteiger charge is -2.40. The number of thiophene rings is 1. The maximum absolute atomic E-state index is 12.2. The van der Waals surface area contributed by atoms with Gasteiger partial charge in [0, 0.05) is 11.4 Å². The highest BCUT2D eigenvalue weighted by atomic mass is 32.1. The van der Waals surface area contributed by atoms with Crippen LogP contribution in [-0.4, -0.2) is 18.6 Å². The van der Waals surface area contributed by atoms with Gasteiger partial charge in [-0.3, -0.25) is 10.1 Å². The van der Waals surface area contributed by atoms with E-state index in [1.165, 1.54) is 18.4 Å². The van der Waals surface area contributed by atoms with Crippen LogP contribution in [0.4, 0.5) is 0 Å². The third-order valence-corrected chi connectivity index (χ3v) is 4.88. The first-order valence-electron chi connectivity index (χ1n) is 6.55. The van der Waals surface area contributed by atoms with Crippen LogP contribution in [0.2, 0.25) is 0 Å². The zero-order valence-corrected chi connectivity index (χ0v) is 11.9. The van der Waals surface area contributed by atoms with Crippen molar-refractivity contribution < 1.29 is 9.53 Å². The van der Waals surface area contributed by atoms with E-state index in [4.69, 9.17) is 4.74 Å². The zero-order chi connectivity index (χ0) is 13.0. The molecule has 0 bridgehead atoms. The molecule has 0 amide bonds. The lowest BCUT2D eigenvalue weighted by atomic mass is 9.73. The molecule has 0 radical (unpaired) electrons. The molecule has 1 saturated carbocycles. The average molecular weight is 267 g/mol. The van der Waals surface area contributed by atoms with Crippen LogP contribution in [0.1, 0.15) is 37.5 Å². The van der Waals surface area contributed by atoms with Gasteiger partial charge in [0.1, 0.15) is 5.54 Å². The maximum atomic E-state index is 12.2. The number of carbonyl (C=O) groups is 1. The van der Waals surface area contributed by atoms with Gasteiger partial charge in [0.2, 0.25) is 0 Å². The molecule has 1 fully saturated rings. The highest BCUT2D eigenvalue weighted by Crippen LogP contribution is 2.35. The molecule has 2 unspecified atom stereocenters. The number of carbonyl (C=O) groups excluding carboxylic acids is 1. The van der Waals surface area contributed by atoms with Gasteiger partial charge in [0.15, 0.2) is 0 Å². The summed E-state index contributed by atoms with van der Waals surface area (Å²) in [4.78, 5) is 13.4. The molecule has 100 valence electrons. The lowest BCUT2D eigenvalue weighted by molar-refractivity contribution is -0.152. The predicted octanol–water partition coefficient (Wildman–Crippen LogP) is 2.96. The van der Waals surface area contributed by atoms with E-state index in [1.54, 1.807) is 11.3 Å². The fraction of sp³-hybridized carbons (Fsp3) is 0.643. The van der Waals surface area contributed by atoms with E-state index in [2.05, 4.69) is 23.7 Å². The summed E-state index contributed by atoms with van der Waals surface area (Å²) < 4.78 is 5.04. The first-order valence-corrected chi connectivity index (χ1v) is 7.43. The molecule has 2 rings (SSSR count). The number of hydrogen-bond donors (Lipinski definition) is 1. The van der Waals surface area contributed by atoms with Crippen LogP contribution in [0.15, 0.2) is 17.5 Å². The fourth-order valence-electron chi connectivity index (χ4n) is 2.83. The Labute approximate surface area is 113 Å². The monoisotopic (exact) mass is 267 g/mol. The molecule has 0 saturated heterocycles. The number of rotatable bonds is 4. The second-order valence-electron chi connectivity index (χ2n) is 5.04. The molecule has 1 aliphatic rings. The highest BCUT2D eigenvalue weighted by molar-refractivity contribution is 7.09. The van der Waals surface area contributed by atoms with Crippen LogP contribution in [0, 0.1) is 5.92 Å². The maximum Gasteiger partial charge on any atom is 0.326 e. The minimum absolute atomic E-state index is 0.105. The largest absolute Gasteiger partial charge is 0.468 e. The second kappa shape index (κ2) is 5.85. The summed E-state index contributed by atoms with van der Waals surface area (Å²) in [6.45, 7) is 2.90. The van der Waals surface area contributed by atoms with Crippen LogP contribution in [0.3, 0.4) is 0 Å². The Morgan fingerprint density at radius 2 is 2.44 bits per heavy atom. The van der Waals surface area contributed by atoms with Gasteiger partial charge in [-0.2, -0.15) is 0 Å². The van der Waals surface area contributed by atoms with Crippen molar-refractivity contribution in [2.45, 2.75) is 44.7 Å². The third-order valence-electron chi connectivity index (χ3n) is 4.01. The molecule has 4 heteroatoms. The Kier molecular flexibility index (Phi) is 4.40. The van der Waals surface area contributed by atoms with E-state index >= 15 is 0 Å². The number of methoxy groups -OCH3 is 1. The second-order valence-corrected chi connectivity index (χ2v) is 6.07. The summed E-state index contributed by atoms with van der Waals surface area (Å²) in [6.07, 6.45) is 4.27.